The minimum absolute atomic E-state index is 0.0540. The maximum Gasteiger partial charge on any atom is 0.274 e. The average Bonchev–Trinajstić information content (AvgIpc) is 2.87. The van der Waals surface area contributed by atoms with Crippen LogP contribution in [0.1, 0.15) is 51.0 Å². The predicted octanol–water partition coefficient (Wildman–Crippen LogP) is 2.69. The molecule has 1 aromatic carbocycles. The molecule has 1 aliphatic carbocycles. The Morgan fingerprint density at radius 2 is 1.76 bits per heavy atom. The number of hydrogen-bond acceptors (Lipinski definition) is 4. The fourth-order valence-corrected chi connectivity index (χ4v) is 4.57. The van der Waals surface area contributed by atoms with Crippen LogP contribution in [0.15, 0.2) is 35.3 Å². The van der Waals surface area contributed by atoms with E-state index in [1.807, 2.05) is 30.5 Å². The van der Waals surface area contributed by atoms with Gasteiger partial charge in [-0.15, -0.1) is 0 Å². The van der Waals surface area contributed by atoms with Gasteiger partial charge in [-0.2, -0.15) is 5.10 Å². The van der Waals surface area contributed by atoms with Crippen LogP contribution in [0.4, 0.5) is 0 Å². The van der Waals surface area contributed by atoms with Gasteiger partial charge >= 0.3 is 0 Å². The summed E-state index contributed by atoms with van der Waals surface area (Å²) in [6.45, 7) is 2.21. The lowest BCUT2D eigenvalue weighted by Crippen LogP contribution is -2.44. The van der Waals surface area contributed by atoms with Crippen molar-refractivity contribution >= 4 is 10.8 Å². The molecule has 2 fully saturated rings. The third-order valence-corrected chi connectivity index (χ3v) is 5.99. The van der Waals surface area contributed by atoms with E-state index in [0.717, 1.165) is 49.4 Å². The number of benzene rings is 1. The highest BCUT2D eigenvalue weighted by Gasteiger charge is 2.29. The first-order valence-corrected chi connectivity index (χ1v) is 9.68. The van der Waals surface area contributed by atoms with Crippen LogP contribution in [0.3, 0.4) is 0 Å². The van der Waals surface area contributed by atoms with Gasteiger partial charge in [0.25, 0.3) is 5.56 Å². The molecule has 1 aliphatic heterocycles. The molecule has 0 spiro atoms. The average molecular weight is 340 g/mol. The standard InChI is InChI=1S/C20H28N4O/c21-16-6-3-4-12-23(14-16)17-8-10-18(11-9-17)24-20(25)19-7-2-1-5-15(19)13-22-24/h1-2,5,7,13,16-18H,3-4,6,8-12,14,21H2/t16-,17?,18?/m1/s1. The van der Waals surface area contributed by atoms with E-state index in [1.165, 1.54) is 19.4 Å². The van der Waals surface area contributed by atoms with Crippen LogP contribution in [-0.4, -0.2) is 39.9 Å². The third kappa shape index (κ3) is 3.48. The topological polar surface area (TPSA) is 64.2 Å². The summed E-state index contributed by atoms with van der Waals surface area (Å²) in [5.74, 6) is 0. The number of nitrogens with two attached hydrogens (primary N) is 1. The Hall–Kier alpha value is -1.72. The van der Waals surface area contributed by atoms with E-state index in [0.29, 0.717) is 12.1 Å². The minimum atomic E-state index is 0.0540. The molecule has 1 saturated heterocycles. The molecule has 5 nitrogen and oxygen atoms in total. The molecule has 0 radical (unpaired) electrons. The summed E-state index contributed by atoms with van der Waals surface area (Å²) < 4.78 is 1.73. The van der Waals surface area contributed by atoms with Crippen molar-refractivity contribution in [2.24, 2.45) is 5.73 Å². The van der Waals surface area contributed by atoms with Gasteiger partial charge in [0.15, 0.2) is 0 Å². The quantitative estimate of drug-likeness (QED) is 0.913. The van der Waals surface area contributed by atoms with Gasteiger partial charge in [0.1, 0.15) is 0 Å². The summed E-state index contributed by atoms with van der Waals surface area (Å²) in [6.07, 6.45) is 9.83. The van der Waals surface area contributed by atoms with Gasteiger partial charge in [0.2, 0.25) is 0 Å². The highest BCUT2D eigenvalue weighted by Crippen LogP contribution is 2.31. The van der Waals surface area contributed by atoms with Gasteiger partial charge in [-0.1, -0.05) is 24.6 Å². The summed E-state index contributed by atoms with van der Waals surface area (Å²) in [5, 5.41) is 6.17. The first kappa shape index (κ1) is 16.7. The molecule has 134 valence electrons. The summed E-state index contributed by atoms with van der Waals surface area (Å²) in [4.78, 5) is 15.4. The minimum Gasteiger partial charge on any atom is -0.327 e. The molecule has 1 aromatic heterocycles. The molecule has 2 heterocycles. The Morgan fingerprint density at radius 1 is 1.00 bits per heavy atom. The summed E-state index contributed by atoms with van der Waals surface area (Å²) in [6, 6.07) is 8.90. The molecule has 1 saturated carbocycles. The van der Waals surface area contributed by atoms with Crippen molar-refractivity contribution in [1.82, 2.24) is 14.7 Å². The van der Waals surface area contributed by atoms with Gasteiger partial charge in [-0.25, -0.2) is 4.68 Å². The monoisotopic (exact) mass is 340 g/mol. The normalized spacial score (nSPS) is 28.8. The maximum absolute atomic E-state index is 12.8. The van der Waals surface area contributed by atoms with E-state index in [2.05, 4.69) is 10.00 Å². The summed E-state index contributed by atoms with van der Waals surface area (Å²) >= 11 is 0. The second-order valence-corrected chi connectivity index (χ2v) is 7.69. The number of aromatic nitrogens is 2. The van der Waals surface area contributed by atoms with Crippen LogP contribution < -0.4 is 11.3 Å². The fourth-order valence-electron chi connectivity index (χ4n) is 4.57. The van der Waals surface area contributed by atoms with E-state index in [1.54, 1.807) is 4.68 Å². The molecule has 0 bridgehead atoms. The first-order valence-electron chi connectivity index (χ1n) is 9.68. The molecule has 1 atom stereocenters. The molecular formula is C20H28N4O. The van der Waals surface area contributed by atoms with Crippen molar-refractivity contribution in [2.45, 2.75) is 63.1 Å². The van der Waals surface area contributed by atoms with Crippen LogP contribution >= 0.6 is 0 Å². The SMILES string of the molecule is N[C@@H]1CCCCN(C2CCC(n3ncc4ccccc4c3=O)CC2)C1. The molecule has 0 unspecified atom stereocenters. The Kier molecular flexibility index (Phi) is 4.86. The Morgan fingerprint density at radius 3 is 2.60 bits per heavy atom. The van der Waals surface area contributed by atoms with Gasteiger partial charge in [-0.3, -0.25) is 9.69 Å². The second kappa shape index (κ2) is 7.26. The zero-order valence-corrected chi connectivity index (χ0v) is 14.8. The Balaban J connectivity index is 1.47. The molecule has 2 aromatic rings. The second-order valence-electron chi connectivity index (χ2n) is 7.69. The Labute approximate surface area is 148 Å². The zero-order chi connectivity index (χ0) is 17.2. The van der Waals surface area contributed by atoms with Crippen LogP contribution in [0, 0.1) is 0 Å². The van der Waals surface area contributed by atoms with Gasteiger partial charge in [0.05, 0.1) is 17.6 Å². The fraction of sp³-hybridized carbons (Fsp3) is 0.600. The third-order valence-electron chi connectivity index (χ3n) is 5.99. The number of fused-ring (bicyclic) bond motifs is 1. The van der Waals surface area contributed by atoms with Crippen LogP contribution in [0.5, 0.6) is 0 Å². The van der Waals surface area contributed by atoms with Gasteiger partial charge in [-0.05, 0) is 51.1 Å². The molecule has 5 heteroatoms. The van der Waals surface area contributed by atoms with Crippen molar-refractivity contribution < 1.29 is 0 Å². The van der Waals surface area contributed by atoms with E-state index < -0.39 is 0 Å². The highest BCUT2D eigenvalue weighted by molar-refractivity contribution is 5.80. The molecular weight excluding hydrogens is 312 g/mol. The first-order chi connectivity index (χ1) is 12.2. The van der Waals surface area contributed by atoms with Crippen molar-refractivity contribution in [3.8, 4) is 0 Å². The van der Waals surface area contributed by atoms with Crippen LogP contribution in [0.2, 0.25) is 0 Å². The maximum atomic E-state index is 12.8. The number of nitrogens with zero attached hydrogens (tertiary/aromatic N) is 3. The number of rotatable bonds is 2. The summed E-state index contributed by atoms with van der Waals surface area (Å²) in [7, 11) is 0. The van der Waals surface area contributed by atoms with Crippen molar-refractivity contribution in [3.63, 3.8) is 0 Å². The van der Waals surface area contributed by atoms with E-state index in [9.17, 15) is 4.79 Å². The molecule has 2 N–H and O–H groups in total. The largest absolute Gasteiger partial charge is 0.327 e. The number of likely N-dealkylation sites (tertiary alicyclic amines) is 1. The van der Waals surface area contributed by atoms with Gasteiger partial charge in [0, 0.05) is 24.0 Å². The van der Waals surface area contributed by atoms with Crippen molar-refractivity contribution in [3.05, 3.63) is 40.8 Å². The Bertz CT molecular complexity index is 779. The molecule has 2 aliphatic rings. The number of hydrogen-bond donors (Lipinski definition) is 1. The van der Waals surface area contributed by atoms with Crippen LogP contribution in [-0.2, 0) is 0 Å². The van der Waals surface area contributed by atoms with E-state index in [-0.39, 0.29) is 11.6 Å². The lowest BCUT2D eigenvalue weighted by Gasteiger charge is -2.37. The zero-order valence-electron chi connectivity index (χ0n) is 14.8. The molecule has 0 amide bonds. The lowest BCUT2D eigenvalue weighted by atomic mass is 9.90. The lowest BCUT2D eigenvalue weighted by molar-refractivity contribution is 0.133. The predicted molar refractivity (Wildman–Crippen MR) is 101 cm³/mol. The van der Waals surface area contributed by atoms with Crippen molar-refractivity contribution in [2.75, 3.05) is 13.1 Å². The molecule has 4 rings (SSSR count). The summed E-state index contributed by atoms with van der Waals surface area (Å²) in [5.41, 5.74) is 6.28. The van der Waals surface area contributed by atoms with Crippen molar-refractivity contribution in [1.29, 1.82) is 0 Å². The smallest absolute Gasteiger partial charge is 0.274 e. The van der Waals surface area contributed by atoms with E-state index in [4.69, 9.17) is 5.73 Å². The van der Waals surface area contributed by atoms with E-state index >= 15 is 0 Å². The molecule has 25 heavy (non-hydrogen) atoms. The van der Waals surface area contributed by atoms with Crippen LogP contribution in [0.25, 0.3) is 10.8 Å². The highest BCUT2D eigenvalue weighted by atomic mass is 16.1. The van der Waals surface area contributed by atoms with Gasteiger partial charge < -0.3 is 5.73 Å².